The second-order valence-corrected chi connectivity index (χ2v) is 6.26. The monoisotopic (exact) mass is 319 g/mol. The number of likely N-dealkylation sites (tertiary alicyclic amines) is 1. The van der Waals surface area contributed by atoms with Gasteiger partial charge in [0.05, 0.1) is 13.5 Å². The highest BCUT2D eigenvalue weighted by Crippen LogP contribution is 2.22. The number of aryl methyl sites for hydroxylation is 1. The van der Waals surface area contributed by atoms with Gasteiger partial charge >= 0.3 is 5.97 Å². The summed E-state index contributed by atoms with van der Waals surface area (Å²) >= 11 is 0. The molecule has 5 nitrogen and oxygen atoms in total. The Hall–Kier alpha value is -2.04. The number of ether oxygens (including phenoxy) is 1. The first-order chi connectivity index (χ1) is 11.0. The minimum Gasteiger partial charge on any atom is -0.496 e. The molecule has 0 bridgehead atoms. The second kappa shape index (κ2) is 7.99. The number of hydrogen-bond donors (Lipinski definition) is 1. The van der Waals surface area contributed by atoms with Gasteiger partial charge in [-0.05, 0) is 49.3 Å². The van der Waals surface area contributed by atoms with Crippen LogP contribution < -0.4 is 4.74 Å². The summed E-state index contributed by atoms with van der Waals surface area (Å²) in [5, 5.41) is 8.91. The number of carbonyl (C=O) groups excluding carboxylic acids is 1. The molecule has 1 atom stereocenters. The molecule has 0 spiro atoms. The van der Waals surface area contributed by atoms with Gasteiger partial charge in [-0.15, -0.1) is 0 Å². The maximum atomic E-state index is 12.5. The molecule has 1 aromatic carbocycles. The van der Waals surface area contributed by atoms with E-state index in [0.717, 1.165) is 42.7 Å². The molecule has 0 saturated carbocycles. The van der Waals surface area contributed by atoms with Gasteiger partial charge in [0.2, 0.25) is 5.91 Å². The van der Waals surface area contributed by atoms with Crippen LogP contribution in [0.3, 0.4) is 0 Å². The van der Waals surface area contributed by atoms with Gasteiger partial charge in [-0.1, -0.05) is 12.1 Å². The van der Waals surface area contributed by atoms with Crippen LogP contribution in [0.5, 0.6) is 5.75 Å². The predicted molar refractivity (Wildman–Crippen MR) is 87.6 cm³/mol. The topological polar surface area (TPSA) is 66.8 Å². The average molecular weight is 319 g/mol. The summed E-state index contributed by atoms with van der Waals surface area (Å²) < 4.78 is 5.30. The molecular formula is C18H25NO4. The zero-order valence-corrected chi connectivity index (χ0v) is 13.9. The van der Waals surface area contributed by atoms with Crippen LogP contribution >= 0.6 is 0 Å². The second-order valence-electron chi connectivity index (χ2n) is 6.26. The molecule has 5 heteroatoms. The molecule has 2 rings (SSSR count). The van der Waals surface area contributed by atoms with Crippen LogP contribution in [-0.2, 0) is 16.0 Å². The van der Waals surface area contributed by atoms with Crippen LogP contribution in [-0.4, -0.2) is 42.1 Å². The minimum atomic E-state index is -0.749. The molecule has 1 amide bonds. The fourth-order valence-electron chi connectivity index (χ4n) is 3.13. The van der Waals surface area contributed by atoms with E-state index < -0.39 is 5.97 Å². The van der Waals surface area contributed by atoms with Crippen LogP contribution in [0.25, 0.3) is 0 Å². The van der Waals surface area contributed by atoms with Crippen molar-refractivity contribution in [2.45, 2.75) is 39.0 Å². The van der Waals surface area contributed by atoms with E-state index in [1.807, 2.05) is 30.0 Å². The van der Waals surface area contributed by atoms with Gasteiger partial charge in [-0.25, -0.2) is 0 Å². The summed E-state index contributed by atoms with van der Waals surface area (Å²) in [5.74, 6) is 0.339. The number of carboxylic acid groups (broad SMARTS) is 1. The van der Waals surface area contributed by atoms with Crippen molar-refractivity contribution in [3.63, 3.8) is 0 Å². The Bertz CT molecular complexity index is 570. The van der Waals surface area contributed by atoms with Crippen molar-refractivity contribution in [3.8, 4) is 5.75 Å². The number of aliphatic carboxylic acids is 1. The molecule has 1 N–H and O–H groups in total. The largest absolute Gasteiger partial charge is 0.496 e. The first-order valence-corrected chi connectivity index (χ1v) is 8.12. The fourth-order valence-corrected chi connectivity index (χ4v) is 3.13. The maximum Gasteiger partial charge on any atom is 0.303 e. The molecule has 0 aliphatic carbocycles. The third-order valence-corrected chi connectivity index (χ3v) is 4.49. The molecule has 0 aromatic heterocycles. The lowest BCUT2D eigenvalue weighted by Gasteiger charge is -2.21. The van der Waals surface area contributed by atoms with Crippen molar-refractivity contribution in [2.24, 2.45) is 5.92 Å². The lowest BCUT2D eigenvalue weighted by Crippen LogP contribution is -2.33. The molecule has 0 radical (unpaired) electrons. The Balaban J connectivity index is 1.94. The summed E-state index contributed by atoms with van der Waals surface area (Å²) in [6.07, 6.45) is 3.10. The van der Waals surface area contributed by atoms with E-state index in [4.69, 9.17) is 9.84 Å². The number of hydrogen-bond acceptors (Lipinski definition) is 3. The zero-order chi connectivity index (χ0) is 16.8. The number of amides is 1. The molecule has 23 heavy (non-hydrogen) atoms. The standard InChI is InChI=1S/C18H25NO4/c1-13-5-6-15(10-16(13)23-2)11-17(20)19-8-3-4-14(7-9-19)12-18(21)22/h5-6,10,14H,3-4,7-9,11-12H2,1-2H3,(H,21,22)/t14-/m0/s1. The van der Waals surface area contributed by atoms with Crippen molar-refractivity contribution in [2.75, 3.05) is 20.2 Å². The number of rotatable bonds is 5. The number of methoxy groups -OCH3 is 1. The summed E-state index contributed by atoms with van der Waals surface area (Å²) in [6.45, 7) is 3.35. The van der Waals surface area contributed by atoms with Crippen LogP contribution in [0.4, 0.5) is 0 Å². The lowest BCUT2D eigenvalue weighted by atomic mass is 9.97. The summed E-state index contributed by atoms with van der Waals surface area (Å²) in [6, 6.07) is 5.84. The fraction of sp³-hybridized carbons (Fsp3) is 0.556. The van der Waals surface area contributed by atoms with E-state index in [-0.39, 0.29) is 18.2 Å². The number of nitrogens with zero attached hydrogens (tertiary/aromatic N) is 1. The Labute approximate surface area is 137 Å². The van der Waals surface area contributed by atoms with Gasteiger partial charge in [-0.3, -0.25) is 9.59 Å². The smallest absolute Gasteiger partial charge is 0.303 e. The Morgan fingerprint density at radius 3 is 2.78 bits per heavy atom. The highest BCUT2D eigenvalue weighted by Gasteiger charge is 2.22. The van der Waals surface area contributed by atoms with E-state index in [2.05, 4.69) is 0 Å². The van der Waals surface area contributed by atoms with Crippen LogP contribution in [0, 0.1) is 12.8 Å². The van der Waals surface area contributed by atoms with Crippen LogP contribution in [0.15, 0.2) is 18.2 Å². The third-order valence-electron chi connectivity index (χ3n) is 4.49. The quantitative estimate of drug-likeness (QED) is 0.906. The highest BCUT2D eigenvalue weighted by molar-refractivity contribution is 5.79. The van der Waals surface area contributed by atoms with Crippen LogP contribution in [0.1, 0.15) is 36.8 Å². The van der Waals surface area contributed by atoms with E-state index in [1.165, 1.54) is 0 Å². The molecule has 1 saturated heterocycles. The molecule has 1 fully saturated rings. The van der Waals surface area contributed by atoms with Gasteiger partial charge < -0.3 is 14.7 Å². The predicted octanol–water partition coefficient (Wildman–Crippen LogP) is 2.65. The van der Waals surface area contributed by atoms with Crippen molar-refractivity contribution in [1.82, 2.24) is 4.90 Å². The third kappa shape index (κ3) is 4.98. The summed E-state index contributed by atoms with van der Waals surface area (Å²) in [4.78, 5) is 25.2. The number of carbonyl (C=O) groups is 2. The van der Waals surface area contributed by atoms with Gasteiger partial charge in [0.1, 0.15) is 5.75 Å². The Kier molecular flexibility index (Phi) is 6.02. The summed E-state index contributed by atoms with van der Waals surface area (Å²) in [7, 11) is 1.63. The SMILES string of the molecule is COc1cc(CC(=O)N2CCC[C@H](CC(=O)O)CC2)ccc1C. The average Bonchev–Trinajstić information content (AvgIpc) is 2.74. The van der Waals surface area contributed by atoms with E-state index in [0.29, 0.717) is 13.0 Å². The molecule has 1 aromatic rings. The lowest BCUT2D eigenvalue weighted by molar-refractivity contribution is -0.138. The van der Waals surface area contributed by atoms with Gasteiger partial charge in [0, 0.05) is 19.5 Å². The first kappa shape index (κ1) is 17.3. The Morgan fingerprint density at radius 2 is 2.09 bits per heavy atom. The molecular weight excluding hydrogens is 294 g/mol. The highest BCUT2D eigenvalue weighted by atomic mass is 16.5. The van der Waals surface area contributed by atoms with Gasteiger partial charge in [0.15, 0.2) is 0 Å². The van der Waals surface area contributed by atoms with Crippen molar-refractivity contribution >= 4 is 11.9 Å². The van der Waals surface area contributed by atoms with Gasteiger partial charge in [-0.2, -0.15) is 0 Å². The normalized spacial score (nSPS) is 18.3. The van der Waals surface area contributed by atoms with E-state index in [9.17, 15) is 9.59 Å². The van der Waals surface area contributed by atoms with Crippen molar-refractivity contribution < 1.29 is 19.4 Å². The zero-order valence-electron chi connectivity index (χ0n) is 13.9. The Morgan fingerprint density at radius 1 is 1.30 bits per heavy atom. The maximum absolute atomic E-state index is 12.5. The number of carboxylic acids is 1. The molecule has 1 aliphatic heterocycles. The van der Waals surface area contributed by atoms with Crippen LogP contribution in [0.2, 0.25) is 0 Å². The van der Waals surface area contributed by atoms with E-state index >= 15 is 0 Å². The first-order valence-electron chi connectivity index (χ1n) is 8.12. The van der Waals surface area contributed by atoms with Crippen molar-refractivity contribution in [3.05, 3.63) is 29.3 Å². The number of benzene rings is 1. The molecule has 1 aliphatic rings. The molecule has 0 unspecified atom stereocenters. The van der Waals surface area contributed by atoms with Crippen molar-refractivity contribution in [1.29, 1.82) is 0 Å². The van der Waals surface area contributed by atoms with Gasteiger partial charge in [0.25, 0.3) is 0 Å². The molecule has 1 heterocycles. The summed E-state index contributed by atoms with van der Waals surface area (Å²) in [5.41, 5.74) is 2.00. The molecule has 126 valence electrons. The minimum absolute atomic E-state index is 0.104. The van der Waals surface area contributed by atoms with E-state index in [1.54, 1.807) is 7.11 Å².